The third-order valence-corrected chi connectivity index (χ3v) is 1.45. The Hall–Kier alpha value is -0.160. The Balaban J connectivity index is 3.63. The largest absolute Gasteiger partial charge is 0.395 e. The Morgan fingerprint density at radius 1 is 1.33 bits per heavy atom. The number of aliphatic hydroxyl groups excluding tert-OH is 2. The van der Waals surface area contributed by atoms with Gasteiger partial charge in [-0.05, 0) is 20.8 Å². The van der Waals surface area contributed by atoms with E-state index in [9.17, 15) is 0 Å². The van der Waals surface area contributed by atoms with Crippen LogP contribution in [0.2, 0.25) is 0 Å². The molecule has 73 valence electrons. The molecule has 1 atom stereocenters. The predicted octanol–water partition coefficient (Wildman–Crippen LogP) is -0.411. The van der Waals surface area contributed by atoms with Gasteiger partial charge in [0.05, 0.1) is 19.3 Å². The van der Waals surface area contributed by atoms with Crippen LogP contribution in [0.4, 0.5) is 0 Å². The number of hydrogen-bond acceptors (Lipinski definition) is 3. The van der Waals surface area contributed by atoms with Gasteiger partial charge in [-0.1, -0.05) is 0 Å². The summed E-state index contributed by atoms with van der Waals surface area (Å²) in [7, 11) is 0. The maximum Gasteiger partial charge on any atom is 0.0668 e. The highest BCUT2D eigenvalue weighted by Crippen LogP contribution is 1.94. The molecular formula is C8H19N2O2. The first-order chi connectivity index (χ1) is 5.57. The lowest BCUT2D eigenvalue weighted by Gasteiger charge is -2.24. The maximum absolute atomic E-state index is 8.97. The molecule has 2 N–H and O–H groups in total. The van der Waals surface area contributed by atoms with Crippen LogP contribution in [0.25, 0.3) is 0 Å². The minimum atomic E-state index is -0.412. The van der Waals surface area contributed by atoms with Crippen LogP contribution in [-0.4, -0.2) is 47.1 Å². The number of rotatable bonds is 6. The Morgan fingerprint density at radius 3 is 2.25 bits per heavy atom. The van der Waals surface area contributed by atoms with E-state index in [0.29, 0.717) is 13.1 Å². The van der Waals surface area contributed by atoms with Crippen molar-refractivity contribution in [3.8, 4) is 0 Å². The zero-order valence-corrected chi connectivity index (χ0v) is 8.06. The first kappa shape index (κ1) is 11.8. The molecule has 0 spiro atoms. The molecule has 0 aromatic carbocycles. The minimum Gasteiger partial charge on any atom is -0.395 e. The highest BCUT2D eigenvalue weighted by molar-refractivity contribution is 4.58. The van der Waals surface area contributed by atoms with Crippen LogP contribution in [0, 0.1) is 0 Å². The van der Waals surface area contributed by atoms with Crippen molar-refractivity contribution in [1.29, 1.82) is 0 Å². The monoisotopic (exact) mass is 175 g/mol. The van der Waals surface area contributed by atoms with Gasteiger partial charge in [-0.15, -0.1) is 0 Å². The molecule has 0 amide bonds. The Kier molecular flexibility index (Phi) is 6.28. The molecule has 0 aliphatic carbocycles. The van der Waals surface area contributed by atoms with E-state index in [-0.39, 0.29) is 12.6 Å². The molecule has 0 aromatic heterocycles. The van der Waals surface area contributed by atoms with Crippen LogP contribution >= 0.6 is 0 Å². The zero-order valence-electron chi connectivity index (χ0n) is 8.06. The molecule has 0 rings (SSSR count). The number of aliphatic hydroxyl groups is 2. The van der Waals surface area contributed by atoms with Gasteiger partial charge in [0.2, 0.25) is 0 Å². The average Bonchev–Trinajstić information content (AvgIpc) is 1.96. The molecule has 12 heavy (non-hydrogen) atoms. The summed E-state index contributed by atoms with van der Waals surface area (Å²) in [5.74, 6) is 0. The van der Waals surface area contributed by atoms with Gasteiger partial charge < -0.3 is 10.2 Å². The third-order valence-electron chi connectivity index (χ3n) is 1.45. The summed E-state index contributed by atoms with van der Waals surface area (Å²) in [5, 5.41) is 19.4. The van der Waals surface area contributed by atoms with Crippen LogP contribution in [0.5, 0.6) is 0 Å². The Bertz CT molecular complexity index is 107. The van der Waals surface area contributed by atoms with Crippen molar-refractivity contribution < 1.29 is 10.2 Å². The number of nitrogens with zero attached hydrogens (tertiary/aromatic N) is 2. The summed E-state index contributed by atoms with van der Waals surface area (Å²) in [5.41, 5.74) is 4.14. The quantitative estimate of drug-likeness (QED) is 0.539. The highest BCUT2D eigenvalue weighted by atomic mass is 16.3. The maximum atomic E-state index is 8.97. The molecule has 0 heterocycles. The topological polar surface area (TPSA) is 57.8 Å². The molecular weight excluding hydrogens is 156 g/mol. The Morgan fingerprint density at radius 2 is 1.92 bits per heavy atom. The van der Waals surface area contributed by atoms with Gasteiger partial charge >= 0.3 is 0 Å². The smallest absolute Gasteiger partial charge is 0.0668 e. The van der Waals surface area contributed by atoms with Crippen molar-refractivity contribution in [1.82, 2.24) is 10.4 Å². The summed E-state index contributed by atoms with van der Waals surface area (Å²) in [6.07, 6.45) is -0.412. The van der Waals surface area contributed by atoms with E-state index in [1.54, 1.807) is 11.9 Å². The second-order valence-corrected chi connectivity index (χ2v) is 3.15. The predicted molar refractivity (Wildman–Crippen MR) is 47.6 cm³/mol. The first-order valence-corrected chi connectivity index (χ1v) is 4.31. The standard InChI is InChI=1S/C8H19N2O2/c1-7(2)10(4-5-11)9-6-8(3)12/h7-8,11-12H,4-6H2,1-3H3. The van der Waals surface area contributed by atoms with E-state index < -0.39 is 6.10 Å². The summed E-state index contributed by atoms with van der Waals surface area (Å²) < 4.78 is 0. The molecule has 1 unspecified atom stereocenters. The van der Waals surface area contributed by atoms with Crippen molar-refractivity contribution in [3.05, 3.63) is 0 Å². The van der Waals surface area contributed by atoms with E-state index in [4.69, 9.17) is 10.2 Å². The van der Waals surface area contributed by atoms with Gasteiger partial charge in [0, 0.05) is 12.6 Å². The molecule has 0 aliphatic heterocycles. The normalized spacial score (nSPS) is 14.2. The van der Waals surface area contributed by atoms with Crippen molar-refractivity contribution in [2.45, 2.75) is 32.9 Å². The van der Waals surface area contributed by atoms with Crippen molar-refractivity contribution in [3.63, 3.8) is 0 Å². The lowest BCUT2D eigenvalue weighted by Crippen LogP contribution is -2.42. The van der Waals surface area contributed by atoms with Gasteiger partial charge in [-0.25, -0.2) is 5.01 Å². The van der Waals surface area contributed by atoms with E-state index in [0.717, 1.165) is 0 Å². The van der Waals surface area contributed by atoms with E-state index in [2.05, 4.69) is 5.43 Å². The van der Waals surface area contributed by atoms with Crippen LogP contribution in [-0.2, 0) is 0 Å². The van der Waals surface area contributed by atoms with Crippen molar-refractivity contribution in [2.24, 2.45) is 0 Å². The molecule has 1 radical (unpaired) electrons. The highest BCUT2D eigenvalue weighted by Gasteiger charge is 2.09. The summed E-state index contributed by atoms with van der Waals surface area (Å²) >= 11 is 0. The van der Waals surface area contributed by atoms with Gasteiger partial charge in [0.25, 0.3) is 0 Å². The molecule has 0 fully saturated rings. The zero-order chi connectivity index (χ0) is 9.56. The van der Waals surface area contributed by atoms with Crippen LogP contribution in [0.15, 0.2) is 0 Å². The van der Waals surface area contributed by atoms with Crippen LogP contribution < -0.4 is 5.43 Å². The minimum absolute atomic E-state index is 0.0987. The summed E-state index contributed by atoms with van der Waals surface area (Å²) in [6, 6.07) is 0.274. The first-order valence-electron chi connectivity index (χ1n) is 4.31. The fourth-order valence-corrected chi connectivity index (χ4v) is 0.818. The van der Waals surface area contributed by atoms with E-state index in [1.165, 1.54) is 0 Å². The molecule has 4 heteroatoms. The van der Waals surface area contributed by atoms with Gasteiger partial charge in [0.15, 0.2) is 0 Å². The van der Waals surface area contributed by atoms with Crippen LogP contribution in [0.3, 0.4) is 0 Å². The second-order valence-electron chi connectivity index (χ2n) is 3.15. The molecule has 0 saturated heterocycles. The molecule has 0 saturated carbocycles. The fraction of sp³-hybridized carbons (Fsp3) is 1.00. The van der Waals surface area contributed by atoms with Crippen LogP contribution in [0.1, 0.15) is 20.8 Å². The van der Waals surface area contributed by atoms with Gasteiger partial charge in [0.1, 0.15) is 0 Å². The van der Waals surface area contributed by atoms with E-state index >= 15 is 0 Å². The molecule has 0 aromatic rings. The second kappa shape index (κ2) is 6.37. The Labute approximate surface area is 74.2 Å². The van der Waals surface area contributed by atoms with Gasteiger partial charge in [-0.2, -0.15) is 5.43 Å². The average molecular weight is 175 g/mol. The SMILES string of the molecule is CC(O)C[N]N(CCO)C(C)C. The molecule has 4 nitrogen and oxygen atoms in total. The van der Waals surface area contributed by atoms with Crippen molar-refractivity contribution >= 4 is 0 Å². The fourth-order valence-electron chi connectivity index (χ4n) is 0.818. The third kappa shape index (κ3) is 5.49. The molecule has 0 aliphatic rings. The summed E-state index contributed by atoms with van der Waals surface area (Å²) in [4.78, 5) is 0. The lowest BCUT2D eigenvalue weighted by molar-refractivity contribution is 0.0757. The van der Waals surface area contributed by atoms with E-state index in [1.807, 2.05) is 13.8 Å². The summed E-state index contributed by atoms with van der Waals surface area (Å²) in [6.45, 7) is 6.73. The number of hydrogen-bond donors (Lipinski definition) is 2. The van der Waals surface area contributed by atoms with Gasteiger partial charge in [-0.3, -0.25) is 0 Å². The molecule has 0 bridgehead atoms. The van der Waals surface area contributed by atoms with Crippen molar-refractivity contribution in [2.75, 3.05) is 19.7 Å². The lowest BCUT2D eigenvalue weighted by atomic mass is 10.3.